The van der Waals surface area contributed by atoms with Gasteiger partial charge < -0.3 is 14.2 Å². The van der Waals surface area contributed by atoms with Crippen LogP contribution in [-0.4, -0.2) is 60.8 Å². The summed E-state index contributed by atoms with van der Waals surface area (Å²) in [5.41, 5.74) is 0.734. The highest BCUT2D eigenvalue weighted by molar-refractivity contribution is 5.91. The van der Waals surface area contributed by atoms with E-state index in [0.717, 1.165) is 31.5 Å². The number of rotatable bonds is 8. The number of hydrogen-bond donors (Lipinski definition) is 0. The molecule has 1 aliphatic rings. The summed E-state index contributed by atoms with van der Waals surface area (Å²) in [5, 5.41) is 3.62. The minimum Gasteiger partial charge on any atom is -0.383 e. The van der Waals surface area contributed by atoms with Gasteiger partial charge in [0.25, 0.3) is 5.91 Å². The molecule has 1 amide bonds. The highest BCUT2D eigenvalue weighted by Gasteiger charge is 2.26. The summed E-state index contributed by atoms with van der Waals surface area (Å²) >= 11 is 0. The van der Waals surface area contributed by atoms with E-state index in [-0.39, 0.29) is 17.5 Å². The smallest absolute Gasteiger partial charge is 0.292 e. The largest absolute Gasteiger partial charge is 0.383 e. The topological polar surface area (TPSA) is 58.8 Å². The van der Waals surface area contributed by atoms with E-state index in [0.29, 0.717) is 32.2 Å². The minimum atomic E-state index is -0.154. The fourth-order valence-electron chi connectivity index (χ4n) is 3.47. The van der Waals surface area contributed by atoms with E-state index in [1.165, 1.54) is 12.3 Å². The molecule has 0 atom stereocenters. The molecule has 1 saturated heterocycles. The summed E-state index contributed by atoms with van der Waals surface area (Å²) in [6.07, 6.45) is 3.42. The van der Waals surface area contributed by atoms with Gasteiger partial charge in [0.15, 0.2) is 0 Å². The summed E-state index contributed by atoms with van der Waals surface area (Å²) in [6, 6.07) is 8.51. The van der Waals surface area contributed by atoms with Crippen LogP contribution in [0.2, 0.25) is 0 Å². The maximum absolute atomic E-state index is 13.8. The van der Waals surface area contributed by atoms with Gasteiger partial charge in [0.1, 0.15) is 5.82 Å². The number of nitrogens with zero attached hydrogens (tertiary/aromatic N) is 3. The molecular weight excluding hydrogens is 349 g/mol. The number of amides is 1. The average molecular weight is 375 g/mol. The Hall–Kier alpha value is -2.25. The normalized spacial score (nSPS) is 15.8. The highest BCUT2D eigenvalue weighted by atomic mass is 19.1. The van der Waals surface area contributed by atoms with Crippen LogP contribution in [0.5, 0.6) is 0 Å². The maximum Gasteiger partial charge on any atom is 0.292 e. The van der Waals surface area contributed by atoms with Crippen molar-refractivity contribution in [3.05, 3.63) is 53.7 Å². The molecule has 146 valence electrons. The first kappa shape index (κ1) is 19.5. The zero-order valence-corrected chi connectivity index (χ0v) is 15.6. The van der Waals surface area contributed by atoms with Gasteiger partial charge in [0.05, 0.1) is 12.8 Å². The van der Waals surface area contributed by atoms with Gasteiger partial charge in [-0.3, -0.25) is 9.69 Å². The standard InChI is InChI=1S/C20H26FN3O3/c1-26-13-12-24(20(25)19-6-9-22-27-19)14-16-7-10-23(11-8-16)15-17-4-2-3-5-18(17)21/h2-6,9,16H,7-8,10-15H2,1H3. The third-order valence-corrected chi connectivity index (χ3v) is 5.04. The number of hydrogen-bond acceptors (Lipinski definition) is 5. The van der Waals surface area contributed by atoms with Crippen LogP contribution in [0.1, 0.15) is 29.0 Å². The van der Waals surface area contributed by atoms with Crippen LogP contribution in [0.4, 0.5) is 4.39 Å². The maximum atomic E-state index is 13.8. The molecule has 2 aromatic rings. The zero-order chi connectivity index (χ0) is 19.1. The van der Waals surface area contributed by atoms with E-state index in [9.17, 15) is 9.18 Å². The Morgan fingerprint density at radius 2 is 2.11 bits per heavy atom. The molecule has 0 unspecified atom stereocenters. The Morgan fingerprint density at radius 1 is 1.33 bits per heavy atom. The molecule has 27 heavy (non-hydrogen) atoms. The number of carbonyl (C=O) groups is 1. The number of aromatic nitrogens is 1. The quantitative estimate of drug-likeness (QED) is 0.710. The second-order valence-corrected chi connectivity index (χ2v) is 6.93. The monoisotopic (exact) mass is 375 g/mol. The van der Waals surface area contributed by atoms with Crippen molar-refractivity contribution in [3.63, 3.8) is 0 Å². The lowest BCUT2D eigenvalue weighted by Gasteiger charge is -2.34. The van der Waals surface area contributed by atoms with Crippen LogP contribution in [0.15, 0.2) is 41.1 Å². The third-order valence-electron chi connectivity index (χ3n) is 5.04. The predicted molar refractivity (Wildman–Crippen MR) is 98.7 cm³/mol. The van der Waals surface area contributed by atoms with Gasteiger partial charge in [-0.2, -0.15) is 0 Å². The SMILES string of the molecule is COCCN(CC1CCN(Cc2ccccc2F)CC1)C(=O)c1ccno1. The Kier molecular flexibility index (Phi) is 6.95. The van der Waals surface area contributed by atoms with Gasteiger partial charge in [-0.05, 0) is 37.9 Å². The second-order valence-electron chi connectivity index (χ2n) is 6.93. The molecule has 1 aromatic heterocycles. The van der Waals surface area contributed by atoms with Gasteiger partial charge >= 0.3 is 0 Å². The highest BCUT2D eigenvalue weighted by Crippen LogP contribution is 2.21. The van der Waals surface area contributed by atoms with Crippen molar-refractivity contribution >= 4 is 5.91 Å². The van der Waals surface area contributed by atoms with Gasteiger partial charge in [0, 0.05) is 38.4 Å². The fourth-order valence-corrected chi connectivity index (χ4v) is 3.47. The van der Waals surface area contributed by atoms with E-state index in [1.54, 1.807) is 24.1 Å². The molecule has 6 nitrogen and oxygen atoms in total. The summed E-state index contributed by atoms with van der Waals surface area (Å²) in [5.74, 6) is 0.357. The van der Waals surface area contributed by atoms with Crippen LogP contribution in [0.25, 0.3) is 0 Å². The molecule has 0 aliphatic carbocycles. The van der Waals surface area contributed by atoms with E-state index in [4.69, 9.17) is 9.26 Å². The molecule has 0 N–H and O–H groups in total. The summed E-state index contributed by atoms with van der Waals surface area (Å²) < 4.78 is 24.0. The van der Waals surface area contributed by atoms with Crippen molar-refractivity contribution in [1.29, 1.82) is 0 Å². The molecule has 1 aliphatic heterocycles. The Morgan fingerprint density at radius 3 is 2.78 bits per heavy atom. The van der Waals surface area contributed by atoms with E-state index in [1.807, 2.05) is 12.1 Å². The first-order chi connectivity index (χ1) is 13.2. The van der Waals surface area contributed by atoms with Gasteiger partial charge in [-0.25, -0.2) is 4.39 Å². The molecule has 2 heterocycles. The van der Waals surface area contributed by atoms with Crippen molar-refractivity contribution in [3.8, 4) is 0 Å². The zero-order valence-electron chi connectivity index (χ0n) is 15.6. The molecule has 0 saturated carbocycles. The lowest BCUT2D eigenvalue weighted by Crippen LogP contribution is -2.42. The number of benzene rings is 1. The van der Waals surface area contributed by atoms with Gasteiger partial charge in [0.2, 0.25) is 5.76 Å². The fraction of sp³-hybridized carbons (Fsp3) is 0.500. The number of ether oxygens (including phenoxy) is 1. The predicted octanol–water partition coefficient (Wildman–Crippen LogP) is 2.81. The third kappa shape index (κ3) is 5.37. The first-order valence-electron chi connectivity index (χ1n) is 9.32. The molecule has 7 heteroatoms. The second kappa shape index (κ2) is 9.62. The van der Waals surface area contributed by atoms with Crippen molar-refractivity contribution in [2.75, 3.05) is 39.9 Å². The molecule has 0 bridgehead atoms. The lowest BCUT2D eigenvalue weighted by molar-refractivity contribution is 0.0579. The number of piperidine rings is 1. The van der Waals surface area contributed by atoms with Crippen LogP contribution in [0.3, 0.4) is 0 Å². The number of carbonyl (C=O) groups excluding carboxylic acids is 1. The number of likely N-dealkylation sites (tertiary alicyclic amines) is 1. The van der Waals surface area contributed by atoms with Crippen molar-refractivity contribution in [1.82, 2.24) is 15.0 Å². The van der Waals surface area contributed by atoms with Crippen molar-refractivity contribution in [2.24, 2.45) is 5.92 Å². The summed E-state index contributed by atoms with van der Waals surface area (Å²) in [7, 11) is 1.62. The number of halogens is 1. The molecule has 1 aromatic carbocycles. The first-order valence-corrected chi connectivity index (χ1v) is 9.32. The van der Waals surface area contributed by atoms with Gasteiger partial charge in [-0.15, -0.1) is 0 Å². The molecule has 0 radical (unpaired) electrons. The Bertz CT molecular complexity index is 715. The molecule has 3 rings (SSSR count). The van der Waals surface area contributed by atoms with E-state index in [2.05, 4.69) is 10.1 Å². The average Bonchev–Trinajstić information content (AvgIpc) is 3.22. The van der Waals surface area contributed by atoms with Crippen LogP contribution < -0.4 is 0 Å². The molecular formula is C20H26FN3O3. The van der Waals surface area contributed by atoms with Gasteiger partial charge in [-0.1, -0.05) is 23.4 Å². The lowest BCUT2D eigenvalue weighted by atomic mass is 9.95. The van der Waals surface area contributed by atoms with Crippen LogP contribution >= 0.6 is 0 Å². The Labute approximate surface area is 158 Å². The van der Waals surface area contributed by atoms with E-state index >= 15 is 0 Å². The minimum absolute atomic E-state index is 0.150. The van der Waals surface area contributed by atoms with Crippen molar-refractivity contribution < 1.29 is 18.4 Å². The van der Waals surface area contributed by atoms with Crippen LogP contribution in [0, 0.1) is 11.7 Å². The van der Waals surface area contributed by atoms with E-state index < -0.39 is 0 Å². The van der Waals surface area contributed by atoms with Crippen LogP contribution in [-0.2, 0) is 11.3 Å². The molecule has 1 fully saturated rings. The Balaban J connectivity index is 1.52. The molecule has 0 spiro atoms. The summed E-state index contributed by atoms with van der Waals surface area (Å²) in [6.45, 7) is 4.08. The summed E-state index contributed by atoms with van der Waals surface area (Å²) in [4.78, 5) is 16.7. The van der Waals surface area contributed by atoms with Crippen molar-refractivity contribution in [2.45, 2.75) is 19.4 Å². The number of methoxy groups -OCH3 is 1.